The molecule has 0 heterocycles. The third-order valence-corrected chi connectivity index (χ3v) is 2.79. The van der Waals surface area contributed by atoms with Crippen LogP contribution in [-0.2, 0) is 9.59 Å². The maximum atomic E-state index is 9.01. The van der Waals surface area contributed by atoms with Crippen molar-refractivity contribution in [2.45, 2.75) is 46.0 Å². The van der Waals surface area contributed by atoms with Crippen LogP contribution in [0.25, 0.3) is 0 Å². The van der Waals surface area contributed by atoms with E-state index in [0.29, 0.717) is 11.8 Å². The molecule has 1 rings (SSSR count). The largest absolute Gasteiger partial charge is 0.481 e. The molecular formula is C13H26O6. The van der Waals surface area contributed by atoms with E-state index in [2.05, 4.69) is 0 Å². The van der Waals surface area contributed by atoms with Crippen LogP contribution < -0.4 is 0 Å². The van der Waals surface area contributed by atoms with Gasteiger partial charge in [-0.3, -0.25) is 9.59 Å². The molecule has 6 heteroatoms. The zero-order valence-corrected chi connectivity index (χ0v) is 11.7. The summed E-state index contributed by atoms with van der Waals surface area (Å²) in [4.78, 5) is 18.0. The highest BCUT2D eigenvalue weighted by Gasteiger charge is 2.21. The summed E-state index contributed by atoms with van der Waals surface area (Å²) in [5.41, 5.74) is 0. The molecule has 1 aliphatic rings. The molecule has 1 aliphatic carbocycles. The number of aliphatic hydroxyl groups is 2. The van der Waals surface area contributed by atoms with Gasteiger partial charge in [-0.2, -0.15) is 0 Å². The van der Waals surface area contributed by atoms with E-state index < -0.39 is 11.9 Å². The molecule has 1 saturated carbocycles. The van der Waals surface area contributed by atoms with Crippen molar-refractivity contribution < 1.29 is 30.0 Å². The zero-order chi connectivity index (χ0) is 15.3. The lowest BCUT2D eigenvalue weighted by molar-refractivity contribution is -0.135. The van der Waals surface area contributed by atoms with Crippen LogP contribution in [-0.4, -0.2) is 45.6 Å². The summed E-state index contributed by atoms with van der Waals surface area (Å²) >= 11 is 0. The average Bonchev–Trinajstić information content (AvgIpc) is 2.51. The Hall–Kier alpha value is -1.14. The monoisotopic (exact) mass is 278 g/mol. The first-order valence-corrected chi connectivity index (χ1v) is 6.45. The fourth-order valence-corrected chi connectivity index (χ4v) is 1.94. The highest BCUT2D eigenvalue weighted by atomic mass is 16.4. The second kappa shape index (κ2) is 13.3. The fraction of sp³-hybridized carbons (Fsp3) is 0.846. The van der Waals surface area contributed by atoms with E-state index in [-0.39, 0.29) is 13.2 Å². The van der Waals surface area contributed by atoms with Gasteiger partial charge < -0.3 is 20.4 Å². The minimum Gasteiger partial charge on any atom is -0.481 e. The Morgan fingerprint density at radius 2 is 1.11 bits per heavy atom. The number of rotatable bonds is 2. The van der Waals surface area contributed by atoms with Crippen molar-refractivity contribution in [3.05, 3.63) is 0 Å². The van der Waals surface area contributed by atoms with Gasteiger partial charge in [0, 0.05) is 27.1 Å². The number of carboxylic acid groups (broad SMARTS) is 2. The summed E-state index contributed by atoms with van der Waals surface area (Å²) in [6, 6.07) is 0. The Bertz CT molecular complexity index is 209. The zero-order valence-electron chi connectivity index (χ0n) is 11.7. The summed E-state index contributed by atoms with van der Waals surface area (Å²) in [5.74, 6) is -0.940. The van der Waals surface area contributed by atoms with Gasteiger partial charge in [0.15, 0.2) is 0 Å². The lowest BCUT2D eigenvalue weighted by Crippen LogP contribution is -2.20. The average molecular weight is 278 g/mol. The summed E-state index contributed by atoms with van der Waals surface area (Å²) in [6.45, 7) is 2.68. The van der Waals surface area contributed by atoms with Gasteiger partial charge in [-0.15, -0.1) is 0 Å². The van der Waals surface area contributed by atoms with Gasteiger partial charge in [0.25, 0.3) is 11.9 Å². The van der Waals surface area contributed by atoms with Crippen molar-refractivity contribution in [2.75, 3.05) is 13.2 Å². The molecule has 4 N–H and O–H groups in total. The number of aliphatic carboxylic acids is 2. The van der Waals surface area contributed by atoms with Crippen molar-refractivity contribution >= 4 is 11.9 Å². The van der Waals surface area contributed by atoms with Gasteiger partial charge in [-0.05, 0) is 24.7 Å². The highest BCUT2D eigenvalue weighted by Crippen LogP contribution is 2.27. The highest BCUT2D eigenvalue weighted by molar-refractivity contribution is 5.63. The standard InChI is InChI=1S/C9H18O2.2C2H4O2/c10-6-8-4-2-1-3-5-9(8)7-11;2*1-2(3)4/h8-11H,1-7H2;2*1H3,(H,3,4)/t8-,9-;;/m0../s1. The molecule has 0 unspecified atom stereocenters. The van der Waals surface area contributed by atoms with Crippen LogP contribution in [0.15, 0.2) is 0 Å². The van der Waals surface area contributed by atoms with E-state index in [4.69, 9.17) is 30.0 Å². The Morgan fingerprint density at radius 1 is 0.842 bits per heavy atom. The fourth-order valence-electron chi connectivity index (χ4n) is 1.94. The topological polar surface area (TPSA) is 115 Å². The third-order valence-electron chi connectivity index (χ3n) is 2.79. The predicted molar refractivity (Wildman–Crippen MR) is 70.9 cm³/mol. The van der Waals surface area contributed by atoms with Crippen molar-refractivity contribution in [1.29, 1.82) is 0 Å². The van der Waals surface area contributed by atoms with Crippen molar-refractivity contribution in [3.63, 3.8) is 0 Å². The normalized spacial score (nSPS) is 21.9. The molecule has 0 bridgehead atoms. The smallest absolute Gasteiger partial charge is 0.300 e. The Morgan fingerprint density at radius 3 is 1.32 bits per heavy atom. The van der Waals surface area contributed by atoms with E-state index in [1.54, 1.807) is 0 Å². The van der Waals surface area contributed by atoms with Crippen molar-refractivity contribution in [3.8, 4) is 0 Å². The molecule has 1 fully saturated rings. The molecular weight excluding hydrogens is 252 g/mol. The molecule has 114 valence electrons. The lowest BCUT2D eigenvalue weighted by atomic mass is 9.89. The molecule has 0 aromatic rings. The Balaban J connectivity index is 0. The molecule has 0 spiro atoms. The summed E-state index contributed by atoms with van der Waals surface area (Å²) < 4.78 is 0. The molecule has 19 heavy (non-hydrogen) atoms. The van der Waals surface area contributed by atoms with Crippen LogP contribution in [0.5, 0.6) is 0 Å². The van der Waals surface area contributed by atoms with E-state index in [9.17, 15) is 0 Å². The van der Waals surface area contributed by atoms with Crippen LogP contribution in [0.2, 0.25) is 0 Å². The first kappa shape index (κ1) is 20.2. The molecule has 0 radical (unpaired) electrons. The first-order valence-electron chi connectivity index (χ1n) is 6.45. The van der Waals surface area contributed by atoms with Crippen LogP contribution in [0.4, 0.5) is 0 Å². The predicted octanol–water partition coefficient (Wildman–Crippen LogP) is 1.35. The Labute approximate surface area is 114 Å². The van der Waals surface area contributed by atoms with Gasteiger partial charge in [0.05, 0.1) is 0 Å². The molecule has 6 nitrogen and oxygen atoms in total. The number of hydrogen-bond acceptors (Lipinski definition) is 4. The molecule has 0 aromatic carbocycles. The number of carbonyl (C=O) groups is 2. The van der Waals surface area contributed by atoms with Crippen molar-refractivity contribution in [2.24, 2.45) is 11.8 Å². The first-order chi connectivity index (χ1) is 8.84. The van der Waals surface area contributed by atoms with Gasteiger partial charge in [-0.1, -0.05) is 19.3 Å². The molecule has 0 aromatic heterocycles. The minimum atomic E-state index is -0.833. The number of aliphatic hydroxyl groups excluding tert-OH is 2. The summed E-state index contributed by atoms with van der Waals surface area (Å²) in [7, 11) is 0. The van der Waals surface area contributed by atoms with Crippen LogP contribution in [0, 0.1) is 11.8 Å². The number of carboxylic acids is 2. The molecule has 0 amide bonds. The lowest BCUT2D eigenvalue weighted by Gasteiger charge is -2.20. The Kier molecular flexibility index (Phi) is 14.1. The second-order valence-electron chi connectivity index (χ2n) is 4.56. The second-order valence-corrected chi connectivity index (χ2v) is 4.56. The van der Waals surface area contributed by atoms with Gasteiger partial charge >= 0.3 is 0 Å². The summed E-state index contributed by atoms with van der Waals surface area (Å²) in [5, 5.41) is 32.8. The quantitative estimate of drug-likeness (QED) is 0.567. The van der Waals surface area contributed by atoms with Crippen LogP contribution in [0.3, 0.4) is 0 Å². The minimum absolute atomic E-state index is 0.255. The van der Waals surface area contributed by atoms with E-state index in [1.165, 1.54) is 19.3 Å². The molecule has 0 saturated heterocycles. The third kappa shape index (κ3) is 16.9. The van der Waals surface area contributed by atoms with E-state index in [0.717, 1.165) is 26.7 Å². The van der Waals surface area contributed by atoms with E-state index in [1.807, 2.05) is 0 Å². The summed E-state index contributed by atoms with van der Waals surface area (Å²) in [6.07, 6.45) is 5.92. The van der Waals surface area contributed by atoms with Gasteiger partial charge in [0.1, 0.15) is 0 Å². The SMILES string of the molecule is CC(=O)O.CC(=O)O.OC[C@@H]1CCCCC[C@H]1CO. The van der Waals surface area contributed by atoms with Crippen LogP contribution in [0.1, 0.15) is 46.0 Å². The van der Waals surface area contributed by atoms with Gasteiger partial charge in [0.2, 0.25) is 0 Å². The molecule has 2 atom stereocenters. The molecule has 0 aliphatic heterocycles. The number of hydrogen-bond donors (Lipinski definition) is 4. The maximum absolute atomic E-state index is 9.01. The van der Waals surface area contributed by atoms with Crippen LogP contribution >= 0.6 is 0 Å². The van der Waals surface area contributed by atoms with Gasteiger partial charge in [-0.25, -0.2) is 0 Å². The van der Waals surface area contributed by atoms with Crippen molar-refractivity contribution in [1.82, 2.24) is 0 Å². The van der Waals surface area contributed by atoms with E-state index >= 15 is 0 Å². The maximum Gasteiger partial charge on any atom is 0.300 e.